The number of carbonyl (C=O) groups is 1. The van der Waals surface area contributed by atoms with Gasteiger partial charge < -0.3 is 10.2 Å². The van der Waals surface area contributed by atoms with Crippen molar-refractivity contribution in [2.24, 2.45) is 0 Å². The second-order valence-electron chi connectivity index (χ2n) is 3.68. The molecule has 0 saturated heterocycles. The second-order valence-corrected chi connectivity index (χ2v) is 3.68. The molecule has 0 unspecified atom stereocenters. The minimum atomic E-state index is -1.14. The normalized spacial score (nSPS) is 9.33. The predicted molar refractivity (Wildman–Crippen MR) is 68.1 cm³/mol. The average molecular weight is 238 g/mol. The molecule has 0 heterocycles. The first kappa shape index (κ1) is 11.7. The Morgan fingerprint density at radius 1 is 0.889 bits per heavy atom. The van der Waals surface area contributed by atoms with Gasteiger partial charge in [-0.05, 0) is 35.4 Å². The third-order valence-electron chi connectivity index (χ3n) is 2.40. The van der Waals surface area contributed by atoms with Crippen LogP contribution in [0.1, 0.15) is 5.56 Å². The maximum atomic E-state index is 10.3. The van der Waals surface area contributed by atoms with E-state index in [0.29, 0.717) is 5.56 Å². The summed E-state index contributed by atoms with van der Waals surface area (Å²) < 4.78 is 0. The molecule has 88 valence electrons. The Balaban J connectivity index is 2.25. The monoisotopic (exact) mass is 238 g/mol. The predicted octanol–water partition coefficient (Wildman–Crippen LogP) is 2.50. The lowest BCUT2D eigenvalue weighted by Crippen LogP contribution is -1.87. The standard InChI is InChI=1S/C15H10O3/c16-14-8-6-13(7-9-14)12-4-1-11(2-5-12)3-10-15(17)18/h1-2,4-9,16H,(H,17,18). The summed E-state index contributed by atoms with van der Waals surface area (Å²) in [6.45, 7) is 0. The molecule has 0 spiro atoms. The Labute approximate surface area is 104 Å². The lowest BCUT2D eigenvalue weighted by atomic mass is 10.0. The largest absolute Gasteiger partial charge is 0.508 e. The molecular formula is C15H10O3. The molecule has 0 fully saturated rings. The number of hydrogen-bond donors (Lipinski definition) is 2. The van der Waals surface area contributed by atoms with Gasteiger partial charge in [-0.1, -0.05) is 30.2 Å². The van der Waals surface area contributed by atoms with Gasteiger partial charge in [-0.15, -0.1) is 0 Å². The first-order valence-electron chi connectivity index (χ1n) is 5.29. The fraction of sp³-hybridized carbons (Fsp3) is 0. The van der Waals surface area contributed by atoms with Crippen LogP contribution < -0.4 is 0 Å². The van der Waals surface area contributed by atoms with Crippen molar-refractivity contribution in [3.8, 4) is 28.7 Å². The number of hydrogen-bond acceptors (Lipinski definition) is 2. The van der Waals surface area contributed by atoms with Crippen molar-refractivity contribution in [3.63, 3.8) is 0 Å². The van der Waals surface area contributed by atoms with E-state index < -0.39 is 5.97 Å². The summed E-state index contributed by atoms with van der Waals surface area (Å²) in [5.41, 5.74) is 2.61. The first-order valence-corrected chi connectivity index (χ1v) is 5.29. The molecule has 0 amide bonds. The van der Waals surface area contributed by atoms with Crippen LogP contribution in [0.15, 0.2) is 48.5 Å². The van der Waals surface area contributed by atoms with E-state index in [0.717, 1.165) is 11.1 Å². The quantitative estimate of drug-likeness (QED) is 0.750. The van der Waals surface area contributed by atoms with Crippen LogP contribution in [0.5, 0.6) is 5.75 Å². The Hall–Kier alpha value is -2.73. The highest BCUT2D eigenvalue weighted by atomic mass is 16.4. The Morgan fingerprint density at radius 2 is 1.39 bits per heavy atom. The molecular weight excluding hydrogens is 228 g/mol. The Kier molecular flexibility index (Phi) is 3.31. The van der Waals surface area contributed by atoms with E-state index in [4.69, 9.17) is 5.11 Å². The number of carboxylic acid groups (broad SMARTS) is 1. The lowest BCUT2D eigenvalue weighted by molar-refractivity contribution is -0.130. The maximum absolute atomic E-state index is 10.3. The van der Waals surface area contributed by atoms with Crippen molar-refractivity contribution >= 4 is 5.97 Å². The second kappa shape index (κ2) is 5.07. The molecule has 2 aromatic carbocycles. The number of aromatic hydroxyl groups is 1. The summed E-state index contributed by atoms with van der Waals surface area (Å²) in [6.07, 6.45) is 0. The van der Waals surface area contributed by atoms with E-state index in [1.54, 1.807) is 24.3 Å². The summed E-state index contributed by atoms with van der Waals surface area (Å²) in [7, 11) is 0. The molecule has 0 aliphatic carbocycles. The highest BCUT2D eigenvalue weighted by Crippen LogP contribution is 2.21. The molecule has 0 aliphatic rings. The summed E-state index contributed by atoms with van der Waals surface area (Å²) >= 11 is 0. The van der Waals surface area contributed by atoms with E-state index >= 15 is 0 Å². The van der Waals surface area contributed by atoms with E-state index in [-0.39, 0.29) is 5.75 Å². The van der Waals surface area contributed by atoms with Crippen LogP contribution in [0.3, 0.4) is 0 Å². The fourth-order valence-electron chi connectivity index (χ4n) is 1.53. The van der Waals surface area contributed by atoms with Crippen LogP contribution >= 0.6 is 0 Å². The zero-order chi connectivity index (χ0) is 13.0. The summed E-state index contributed by atoms with van der Waals surface area (Å²) in [5, 5.41) is 17.6. The van der Waals surface area contributed by atoms with Gasteiger partial charge in [-0.2, -0.15) is 0 Å². The van der Waals surface area contributed by atoms with E-state index in [1.807, 2.05) is 24.3 Å². The highest BCUT2D eigenvalue weighted by molar-refractivity contribution is 5.87. The van der Waals surface area contributed by atoms with Crippen LogP contribution in [0.25, 0.3) is 11.1 Å². The molecule has 0 saturated carbocycles. The lowest BCUT2D eigenvalue weighted by Gasteiger charge is -2.01. The van der Waals surface area contributed by atoms with Crippen molar-refractivity contribution in [2.45, 2.75) is 0 Å². The average Bonchev–Trinajstić information content (AvgIpc) is 2.38. The minimum absolute atomic E-state index is 0.225. The van der Waals surface area contributed by atoms with Gasteiger partial charge in [0.15, 0.2) is 0 Å². The molecule has 2 rings (SSSR count). The molecule has 0 atom stereocenters. The molecule has 2 aromatic rings. The van der Waals surface area contributed by atoms with Crippen LogP contribution in [0.2, 0.25) is 0 Å². The zero-order valence-electron chi connectivity index (χ0n) is 9.42. The van der Waals surface area contributed by atoms with Crippen LogP contribution in [0, 0.1) is 11.8 Å². The van der Waals surface area contributed by atoms with Gasteiger partial charge >= 0.3 is 5.97 Å². The molecule has 0 bridgehead atoms. The molecule has 2 N–H and O–H groups in total. The minimum Gasteiger partial charge on any atom is -0.508 e. The van der Waals surface area contributed by atoms with E-state index in [2.05, 4.69) is 11.8 Å². The fourth-order valence-corrected chi connectivity index (χ4v) is 1.53. The first-order chi connectivity index (χ1) is 8.65. The van der Waals surface area contributed by atoms with Crippen LogP contribution in [0.4, 0.5) is 0 Å². The third-order valence-corrected chi connectivity index (χ3v) is 2.40. The summed E-state index contributed by atoms with van der Waals surface area (Å²) in [6, 6.07) is 14.1. The highest BCUT2D eigenvalue weighted by Gasteiger charge is 1.97. The molecule has 0 aromatic heterocycles. The van der Waals surface area contributed by atoms with Crippen LogP contribution in [-0.4, -0.2) is 16.2 Å². The van der Waals surface area contributed by atoms with Gasteiger partial charge in [-0.3, -0.25) is 0 Å². The van der Waals surface area contributed by atoms with Gasteiger partial charge in [-0.25, -0.2) is 4.79 Å². The van der Waals surface area contributed by atoms with Crippen molar-refractivity contribution in [3.05, 3.63) is 54.1 Å². The Morgan fingerprint density at radius 3 is 1.89 bits per heavy atom. The van der Waals surface area contributed by atoms with Gasteiger partial charge in [0.1, 0.15) is 5.75 Å². The van der Waals surface area contributed by atoms with Gasteiger partial charge in [0.2, 0.25) is 0 Å². The smallest absolute Gasteiger partial charge is 0.382 e. The number of phenols is 1. The molecule has 18 heavy (non-hydrogen) atoms. The number of benzene rings is 2. The zero-order valence-corrected chi connectivity index (χ0v) is 9.42. The number of phenolic OH excluding ortho intramolecular Hbond substituents is 1. The van der Waals surface area contributed by atoms with Gasteiger partial charge in [0.05, 0.1) is 0 Å². The maximum Gasteiger partial charge on any atom is 0.382 e. The number of carboxylic acids is 1. The summed E-state index contributed by atoms with van der Waals surface area (Å²) in [4.78, 5) is 10.3. The number of rotatable bonds is 1. The molecule has 3 heteroatoms. The van der Waals surface area contributed by atoms with Crippen molar-refractivity contribution in [2.75, 3.05) is 0 Å². The SMILES string of the molecule is O=C(O)C#Cc1ccc(-c2ccc(O)cc2)cc1. The number of aliphatic carboxylic acids is 1. The van der Waals surface area contributed by atoms with Crippen molar-refractivity contribution in [1.29, 1.82) is 0 Å². The molecule has 3 nitrogen and oxygen atoms in total. The molecule has 0 radical (unpaired) electrons. The van der Waals surface area contributed by atoms with Crippen LogP contribution in [-0.2, 0) is 4.79 Å². The van der Waals surface area contributed by atoms with E-state index in [1.165, 1.54) is 0 Å². The third kappa shape index (κ3) is 2.89. The topological polar surface area (TPSA) is 57.5 Å². The van der Waals surface area contributed by atoms with Crippen molar-refractivity contribution in [1.82, 2.24) is 0 Å². The molecule has 0 aliphatic heterocycles. The van der Waals surface area contributed by atoms with Gasteiger partial charge in [0.25, 0.3) is 0 Å². The Bertz CT molecular complexity index is 614. The van der Waals surface area contributed by atoms with E-state index in [9.17, 15) is 9.90 Å². The van der Waals surface area contributed by atoms with Gasteiger partial charge in [0, 0.05) is 11.5 Å². The summed E-state index contributed by atoms with van der Waals surface area (Å²) in [5.74, 6) is 3.69. The van der Waals surface area contributed by atoms with Crippen molar-refractivity contribution < 1.29 is 15.0 Å².